The van der Waals surface area contributed by atoms with Gasteiger partial charge >= 0.3 is 0 Å². The smallest absolute Gasteiger partial charge is 0.231 e. The summed E-state index contributed by atoms with van der Waals surface area (Å²) in [4.78, 5) is 0. The van der Waals surface area contributed by atoms with Crippen LogP contribution in [0.4, 0.5) is 0 Å². The largest absolute Gasteiger partial charge is 0.496 e. The van der Waals surface area contributed by atoms with Gasteiger partial charge in [0.25, 0.3) is 0 Å². The molecule has 1 fully saturated rings. The SMILES string of the molecule is COc1cc2c(cc1CC1CCCNC1)OCO2. The third kappa shape index (κ3) is 2.25. The van der Waals surface area contributed by atoms with E-state index in [0.29, 0.717) is 12.7 Å². The Hall–Kier alpha value is -1.42. The molecule has 1 N–H and O–H groups in total. The highest BCUT2D eigenvalue weighted by molar-refractivity contribution is 5.52. The third-order valence-corrected chi connectivity index (χ3v) is 3.68. The summed E-state index contributed by atoms with van der Waals surface area (Å²) >= 11 is 0. The fourth-order valence-corrected chi connectivity index (χ4v) is 2.72. The van der Waals surface area contributed by atoms with Crippen LogP contribution in [0.15, 0.2) is 12.1 Å². The molecule has 98 valence electrons. The summed E-state index contributed by atoms with van der Waals surface area (Å²) in [5.41, 5.74) is 1.22. The number of rotatable bonds is 3. The van der Waals surface area contributed by atoms with E-state index in [2.05, 4.69) is 11.4 Å². The summed E-state index contributed by atoms with van der Waals surface area (Å²) in [7, 11) is 1.71. The molecule has 0 amide bonds. The molecular formula is C14H19NO3. The van der Waals surface area contributed by atoms with Gasteiger partial charge in [-0.2, -0.15) is 0 Å². The van der Waals surface area contributed by atoms with Crippen molar-refractivity contribution in [2.45, 2.75) is 19.3 Å². The topological polar surface area (TPSA) is 39.7 Å². The maximum atomic E-state index is 5.46. The zero-order valence-electron chi connectivity index (χ0n) is 10.7. The van der Waals surface area contributed by atoms with E-state index in [4.69, 9.17) is 14.2 Å². The molecule has 4 heteroatoms. The average molecular weight is 249 g/mol. The standard InChI is InChI=1S/C14H19NO3/c1-16-12-7-14-13(17-9-18-14)6-11(12)5-10-3-2-4-15-8-10/h6-7,10,15H,2-5,8-9H2,1H3. The first-order valence-electron chi connectivity index (χ1n) is 6.54. The van der Waals surface area contributed by atoms with E-state index in [1.54, 1.807) is 7.11 Å². The first kappa shape index (κ1) is 11.7. The van der Waals surface area contributed by atoms with E-state index in [-0.39, 0.29) is 0 Å². The van der Waals surface area contributed by atoms with Crippen LogP contribution in [0.5, 0.6) is 17.2 Å². The first-order chi connectivity index (χ1) is 8.86. The molecule has 0 spiro atoms. The Morgan fingerprint density at radius 1 is 1.33 bits per heavy atom. The molecule has 0 aromatic heterocycles. The molecular weight excluding hydrogens is 230 g/mol. The zero-order valence-corrected chi connectivity index (χ0v) is 10.7. The number of fused-ring (bicyclic) bond motifs is 1. The average Bonchev–Trinajstić information content (AvgIpc) is 2.86. The van der Waals surface area contributed by atoms with Gasteiger partial charge in [0.05, 0.1) is 7.11 Å². The minimum absolute atomic E-state index is 0.312. The van der Waals surface area contributed by atoms with Gasteiger partial charge in [-0.05, 0) is 49.9 Å². The summed E-state index contributed by atoms with van der Waals surface area (Å²) in [5, 5.41) is 3.45. The molecule has 2 heterocycles. The molecule has 1 saturated heterocycles. The lowest BCUT2D eigenvalue weighted by Crippen LogP contribution is -2.30. The molecule has 4 nitrogen and oxygen atoms in total. The Morgan fingerprint density at radius 2 is 2.17 bits per heavy atom. The number of hydrogen-bond acceptors (Lipinski definition) is 4. The lowest BCUT2D eigenvalue weighted by atomic mass is 9.92. The van der Waals surface area contributed by atoms with Crippen LogP contribution in [0.2, 0.25) is 0 Å². The van der Waals surface area contributed by atoms with Crippen molar-refractivity contribution in [1.82, 2.24) is 5.32 Å². The Morgan fingerprint density at radius 3 is 2.89 bits per heavy atom. The third-order valence-electron chi connectivity index (χ3n) is 3.68. The van der Waals surface area contributed by atoms with Gasteiger partial charge in [-0.25, -0.2) is 0 Å². The highest BCUT2D eigenvalue weighted by atomic mass is 16.7. The van der Waals surface area contributed by atoms with Gasteiger partial charge in [0, 0.05) is 6.07 Å². The first-order valence-corrected chi connectivity index (χ1v) is 6.54. The minimum atomic E-state index is 0.312. The summed E-state index contributed by atoms with van der Waals surface area (Å²) in [6.07, 6.45) is 3.58. The zero-order chi connectivity index (χ0) is 12.4. The van der Waals surface area contributed by atoms with Crippen molar-refractivity contribution in [3.63, 3.8) is 0 Å². The predicted molar refractivity (Wildman–Crippen MR) is 68.4 cm³/mol. The van der Waals surface area contributed by atoms with E-state index in [1.165, 1.54) is 18.4 Å². The molecule has 1 aromatic rings. The number of ether oxygens (including phenoxy) is 3. The molecule has 18 heavy (non-hydrogen) atoms. The van der Waals surface area contributed by atoms with Crippen LogP contribution < -0.4 is 19.5 Å². The van der Waals surface area contributed by atoms with Crippen molar-refractivity contribution >= 4 is 0 Å². The number of piperidine rings is 1. The van der Waals surface area contributed by atoms with Gasteiger partial charge in [-0.3, -0.25) is 0 Å². The van der Waals surface area contributed by atoms with E-state index in [0.717, 1.165) is 36.8 Å². The summed E-state index contributed by atoms with van der Waals surface area (Å²) in [6, 6.07) is 4.00. The highest BCUT2D eigenvalue weighted by Gasteiger charge is 2.21. The number of nitrogens with one attached hydrogen (secondary N) is 1. The normalized spacial score (nSPS) is 21.9. The Kier molecular flexibility index (Phi) is 3.28. The number of hydrogen-bond donors (Lipinski definition) is 1. The van der Waals surface area contributed by atoms with Crippen LogP contribution in [-0.4, -0.2) is 27.0 Å². The van der Waals surface area contributed by atoms with Crippen LogP contribution in [-0.2, 0) is 6.42 Å². The van der Waals surface area contributed by atoms with Gasteiger partial charge in [0.1, 0.15) is 5.75 Å². The predicted octanol–water partition coefficient (Wildman–Crippen LogP) is 1.97. The molecule has 0 aliphatic carbocycles. The molecule has 1 aromatic carbocycles. The van der Waals surface area contributed by atoms with Crippen LogP contribution >= 0.6 is 0 Å². The van der Waals surface area contributed by atoms with Crippen molar-refractivity contribution in [1.29, 1.82) is 0 Å². The summed E-state index contributed by atoms with van der Waals surface area (Å²) < 4.78 is 16.3. The van der Waals surface area contributed by atoms with Gasteiger partial charge in [-0.1, -0.05) is 0 Å². The molecule has 1 unspecified atom stereocenters. The molecule has 1 atom stereocenters. The second kappa shape index (κ2) is 5.06. The maximum Gasteiger partial charge on any atom is 0.231 e. The molecule has 0 radical (unpaired) electrons. The lowest BCUT2D eigenvalue weighted by molar-refractivity contribution is 0.174. The Bertz CT molecular complexity index is 427. The molecule has 2 aliphatic heterocycles. The van der Waals surface area contributed by atoms with Crippen LogP contribution in [0.1, 0.15) is 18.4 Å². The van der Waals surface area contributed by atoms with E-state index in [1.807, 2.05) is 6.07 Å². The monoisotopic (exact) mass is 249 g/mol. The maximum absolute atomic E-state index is 5.46. The number of benzene rings is 1. The molecule has 3 rings (SSSR count). The second-order valence-electron chi connectivity index (χ2n) is 4.93. The van der Waals surface area contributed by atoms with E-state index in [9.17, 15) is 0 Å². The lowest BCUT2D eigenvalue weighted by Gasteiger charge is -2.23. The molecule has 0 saturated carbocycles. The fraction of sp³-hybridized carbons (Fsp3) is 0.571. The van der Waals surface area contributed by atoms with Gasteiger partial charge in [-0.15, -0.1) is 0 Å². The van der Waals surface area contributed by atoms with E-state index < -0.39 is 0 Å². The van der Waals surface area contributed by atoms with Crippen LogP contribution in [0.25, 0.3) is 0 Å². The fourth-order valence-electron chi connectivity index (χ4n) is 2.72. The minimum Gasteiger partial charge on any atom is -0.496 e. The van der Waals surface area contributed by atoms with Crippen molar-refractivity contribution in [2.24, 2.45) is 5.92 Å². The van der Waals surface area contributed by atoms with Gasteiger partial charge in [0.2, 0.25) is 6.79 Å². The number of methoxy groups -OCH3 is 1. The van der Waals surface area contributed by atoms with Crippen LogP contribution in [0.3, 0.4) is 0 Å². The van der Waals surface area contributed by atoms with E-state index >= 15 is 0 Å². The molecule has 0 bridgehead atoms. The van der Waals surface area contributed by atoms with Gasteiger partial charge in [0.15, 0.2) is 11.5 Å². The summed E-state index contributed by atoms with van der Waals surface area (Å²) in [6.45, 7) is 2.55. The van der Waals surface area contributed by atoms with Gasteiger partial charge < -0.3 is 19.5 Å². The quantitative estimate of drug-likeness (QED) is 0.889. The molecule has 2 aliphatic rings. The Balaban J connectivity index is 1.81. The Labute approximate surface area is 107 Å². The van der Waals surface area contributed by atoms with Crippen molar-refractivity contribution in [3.05, 3.63) is 17.7 Å². The summed E-state index contributed by atoms with van der Waals surface area (Å²) in [5.74, 6) is 3.23. The highest BCUT2D eigenvalue weighted by Crippen LogP contribution is 2.39. The van der Waals surface area contributed by atoms with Crippen molar-refractivity contribution in [2.75, 3.05) is 27.0 Å². The second-order valence-corrected chi connectivity index (χ2v) is 4.93. The van der Waals surface area contributed by atoms with Crippen LogP contribution in [0, 0.1) is 5.92 Å². The van der Waals surface area contributed by atoms with Crippen molar-refractivity contribution < 1.29 is 14.2 Å². The van der Waals surface area contributed by atoms with Crippen molar-refractivity contribution in [3.8, 4) is 17.2 Å².